The normalized spacial score (nSPS) is 10.4. The lowest BCUT2D eigenvalue weighted by Crippen LogP contribution is -2.14. The van der Waals surface area contributed by atoms with Gasteiger partial charge in [-0.15, -0.1) is 0 Å². The van der Waals surface area contributed by atoms with E-state index in [2.05, 4.69) is 17.2 Å². The summed E-state index contributed by atoms with van der Waals surface area (Å²) in [5.74, 6) is -0.229. The van der Waals surface area contributed by atoms with Crippen molar-refractivity contribution in [3.8, 4) is 0 Å². The van der Waals surface area contributed by atoms with Crippen molar-refractivity contribution in [2.24, 2.45) is 0 Å². The number of carbonyl (C=O) groups is 1. The second-order valence-electron chi connectivity index (χ2n) is 3.52. The van der Waals surface area contributed by atoms with Crippen LogP contribution in [0.1, 0.15) is 26.0 Å². The lowest BCUT2D eigenvalue weighted by atomic mass is 10.4. The van der Waals surface area contributed by atoms with Crippen LogP contribution in [0.25, 0.3) is 0 Å². The molecule has 0 amide bonds. The number of rotatable bonds is 7. The van der Waals surface area contributed by atoms with Gasteiger partial charge in [-0.1, -0.05) is 6.92 Å². The Kier molecular flexibility index (Phi) is 5.56. The Morgan fingerprint density at radius 1 is 1.56 bits per heavy atom. The first-order chi connectivity index (χ1) is 7.76. The molecule has 0 aliphatic carbocycles. The fraction of sp³-hybridized carbons (Fsp3) is 0.636. The highest BCUT2D eigenvalue weighted by Gasteiger charge is 2.04. The average molecular weight is 225 g/mol. The van der Waals surface area contributed by atoms with E-state index in [1.54, 1.807) is 17.8 Å². The summed E-state index contributed by atoms with van der Waals surface area (Å²) < 4.78 is 6.59. The zero-order valence-corrected chi connectivity index (χ0v) is 9.90. The van der Waals surface area contributed by atoms with Crippen LogP contribution in [-0.2, 0) is 22.6 Å². The molecule has 0 fully saturated rings. The number of esters is 1. The number of hydrogen-bond donors (Lipinski definition) is 1. The van der Waals surface area contributed by atoms with Gasteiger partial charge < -0.3 is 14.6 Å². The van der Waals surface area contributed by atoms with Gasteiger partial charge in [-0.25, -0.2) is 4.98 Å². The maximum Gasteiger partial charge on any atom is 0.325 e. The largest absolute Gasteiger partial charge is 0.465 e. The molecule has 90 valence electrons. The summed E-state index contributed by atoms with van der Waals surface area (Å²) in [6.45, 7) is 6.28. The number of hydrogen-bond acceptors (Lipinski definition) is 4. The minimum atomic E-state index is -0.229. The van der Waals surface area contributed by atoms with E-state index in [0.29, 0.717) is 6.61 Å². The molecule has 5 nitrogen and oxygen atoms in total. The molecule has 16 heavy (non-hydrogen) atoms. The molecule has 0 aliphatic heterocycles. The highest BCUT2D eigenvalue weighted by molar-refractivity contribution is 5.69. The Balaban J connectivity index is 2.36. The number of nitrogens with zero attached hydrogens (tertiary/aromatic N) is 2. The van der Waals surface area contributed by atoms with Gasteiger partial charge >= 0.3 is 5.97 Å². The highest BCUT2D eigenvalue weighted by Crippen LogP contribution is 1.96. The topological polar surface area (TPSA) is 56.2 Å². The predicted octanol–water partition coefficient (Wildman–Crippen LogP) is 0.946. The van der Waals surface area contributed by atoms with E-state index in [1.807, 2.05) is 6.20 Å². The summed E-state index contributed by atoms with van der Waals surface area (Å²) in [5, 5.41) is 3.25. The standard InChI is InChI=1S/C11H19N3O2/c1-3-5-12-6-10-7-14(9-13-10)8-11(15)16-4-2/h7,9,12H,3-6,8H2,1-2H3. The molecular formula is C11H19N3O2. The molecule has 0 spiro atoms. The van der Waals surface area contributed by atoms with Crippen LogP contribution >= 0.6 is 0 Å². The molecule has 0 bridgehead atoms. The number of aromatic nitrogens is 2. The van der Waals surface area contributed by atoms with Gasteiger partial charge in [-0.3, -0.25) is 4.79 Å². The van der Waals surface area contributed by atoms with Crippen molar-refractivity contribution >= 4 is 5.97 Å². The van der Waals surface area contributed by atoms with Crippen molar-refractivity contribution in [3.63, 3.8) is 0 Å². The Labute approximate surface area is 95.8 Å². The molecule has 5 heteroatoms. The summed E-state index contributed by atoms with van der Waals surface area (Å²) in [6.07, 6.45) is 4.61. The van der Waals surface area contributed by atoms with Crippen molar-refractivity contribution < 1.29 is 9.53 Å². The van der Waals surface area contributed by atoms with Crippen LogP contribution in [0.3, 0.4) is 0 Å². The van der Waals surface area contributed by atoms with Crippen LogP contribution in [0, 0.1) is 0 Å². The second-order valence-corrected chi connectivity index (χ2v) is 3.52. The van der Waals surface area contributed by atoms with Gasteiger partial charge in [0.1, 0.15) is 6.54 Å². The first-order valence-corrected chi connectivity index (χ1v) is 5.63. The zero-order chi connectivity index (χ0) is 11.8. The molecule has 0 aliphatic rings. The van der Waals surface area contributed by atoms with E-state index in [0.717, 1.165) is 25.2 Å². The molecule has 0 aromatic carbocycles. The van der Waals surface area contributed by atoms with Gasteiger partial charge in [0.2, 0.25) is 0 Å². The maximum absolute atomic E-state index is 11.2. The van der Waals surface area contributed by atoms with E-state index in [-0.39, 0.29) is 12.5 Å². The third-order valence-corrected chi connectivity index (χ3v) is 2.04. The third kappa shape index (κ3) is 4.44. The van der Waals surface area contributed by atoms with Crippen molar-refractivity contribution in [2.45, 2.75) is 33.4 Å². The Morgan fingerprint density at radius 3 is 3.06 bits per heavy atom. The van der Waals surface area contributed by atoms with Crippen molar-refractivity contribution in [2.75, 3.05) is 13.2 Å². The fourth-order valence-electron chi connectivity index (χ4n) is 1.33. The average Bonchev–Trinajstić information content (AvgIpc) is 2.66. The first-order valence-electron chi connectivity index (χ1n) is 5.63. The molecule has 0 saturated carbocycles. The second kappa shape index (κ2) is 7.00. The molecule has 0 saturated heterocycles. The number of carbonyl (C=O) groups excluding carboxylic acids is 1. The molecule has 1 aromatic heterocycles. The smallest absolute Gasteiger partial charge is 0.325 e. The van der Waals surface area contributed by atoms with Crippen LogP contribution in [0.2, 0.25) is 0 Å². The predicted molar refractivity (Wildman–Crippen MR) is 60.9 cm³/mol. The van der Waals surface area contributed by atoms with Crippen molar-refractivity contribution in [1.29, 1.82) is 0 Å². The molecule has 1 rings (SSSR count). The van der Waals surface area contributed by atoms with Crippen LogP contribution in [0.5, 0.6) is 0 Å². The third-order valence-electron chi connectivity index (χ3n) is 2.04. The summed E-state index contributed by atoms with van der Waals surface area (Å²) >= 11 is 0. The number of imidazole rings is 1. The van der Waals surface area contributed by atoms with Gasteiger partial charge in [0.15, 0.2) is 0 Å². The van der Waals surface area contributed by atoms with E-state index in [4.69, 9.17) is 4.74 Å². The first kappa shape index (κ1) is 12.7. The molecule has 0 unspecified atom stereocenters. The summed E-state index contributed by atoms with van der Waals surface area (Å²) in [5.41, 5.74) is 0.942. The highest BCUT2D eigenvalue weighted by atomic mass is 16.5. The SMILES string of the molecule is CCCNCc1cn(CC(=O)OCC)cn1. The number of nitrogens with one attached hydrogen (secondary N) is 1. The van der Waals surface area contributed by atoms with E-state index < -0.39 is 0 Å². The van der Waals surface area contributed by atoms with Crippen LogP contribution < -0.4 is 5.32 Å². The minimum Gasteiger partial charge on any atom is -0.465 e. The summed E-state index contributed by atoms with van der Waals surface area (Å²) in [7, 11) is 0. The van der Waals surface area contributed by atoms with Gasteiger partial charge in [0.25, 0.3) is 0 Å². The van der Waals surface area contributed by atoms with Gasteiger partial charge in [0, 0.05) is 12.7 Å². The molecule has 1 heterocycles. The maximum atomic E-state index is 11.2. The van der Waals surface area contributed by atoms with Crippen LogP contribution in [-0.4, -0.2) is 28.7 Å². The summed E-state index contributed by atoms with van der Waals surface area (Å²) in [4.78, 5) is 15.4. The van der Waals surface area contributed by atoms with Gasteiger partial charge in [-0.05, 0) is 19.9 Å². The van der Waals surface area contributed by atoms with Gasteiger partial charge in [-0.2, -0.15) is 0 Å². The molecule has 1 N–H and O–H groups in total. The molecular weight excluding hydrogens is 206 g/mol. The van der Waals surface area contributed by atoms with E-state index >= 15 is 0 Å². The Morgan fingerprint density at radius 2 is 2.38 bits per heavy atom. The quantitative estimate of drug-likeness (QED) is 0.554. The number of ether oxygens (including phenoxy) is 1. The Hall–Kier alpha value is -1.36. The fourth-order valence-corrected chi connectivity index (χ4v) is 1.33. The molecule has 0 radical (unpaired) electrons. The van der Waals surface area contributed by atoms with E-state index in [1.165, 1.54) is 0 Å². The van der Waals surface area contributed by atoms with Gasteiger partial charge in [0.05, 0.1) is 18.6 Å². The van der Waals surface area contributed by atoms with Crippen LogP contribution in [0.15, 0.2) is 12.5 Å². The zero-order valence-electron chi connectivity index (χ0n) is 9.90. The minimum absolute atomic E-state index is 0.229. The molecule has 0 atom stereocenters. The van der Waals surface area contributed by atoms with E-state index in [9.17, 15) is 4.79 Å². The monoisotopic (exact) mass is 225 g/mol. The van der Waals surface area contributed by atoms with Crippen molar-refractivity contribution in [1.82, 2.24) is 14.9 Å². The lowest BCUT2D eigenvalue weighted by molar-refractivity contribution is -0.143. The Bertz CT molecular complexity index is 323. The van der Waals surface area contributed by atoms with Crippen LogP contribution in [0.4, 0.5) is 0 Å². The van der Waals surface area contributed by atoms with Crippen molar-refractivity contribution in [3.05, 3.63) is 18.2 Å². The summed E-state index contributed by atoms with van der Waals surface area (Å²) in [6, 6.07) is 0. The molecule has 1 aromatic rings. The lowest BCUT2D eigenvalue weighted by Gasteiger charge is -2.01.